The summed E-state index contributed by atoms with van der Waals surface area (Å²) in [6, 6.07) is 11.2. The molecule has 10 heteroatoms. The third-order valence-electron chi connectivity index (χ3n) is 5.51. The zero-order valence-corrected chi connectivity index (χ0v) is 20.2. The Hall–Kier alpha value is -4.44. The average Bonchev–Trinajstić information content (AvgIpc) is 3.39. The standard InChI is InChI=1S/C26H22N2O7S/c1-4-13-35-18-11-7-16(8-12-18)21(30)19-20(15-5-9-17(29)10-6-15)28(24(32)22(19)31)26-27-14(2)23(36-26)25(33)34-3/h4-12,20,29-30H,1,13H2,2-3H3/t20-/m1/s1. The molecule has 1 aromatic heterocycles. The van der Waals surface area contributed by atoms with Gasteiger partial charge < -0.3 is 19.7 Å². The molecule has 1 aliphatic rings. The number of hydrogen-bond donors (Lipinski definition) is 2. The second-order valence-corrected chi connectivity index (χ2v) is 8.76. The van der Waals surface area contributed by atoms with Gasteiger partial charge >= 0.3 is 11.9 Å². The molecule has 2 N–H and O–H groups in total. The highest BCUT2D eigenvalue weighted by Crippen LogP contribution is 2.44. The number of anilines is 1. The molecule has 0 radical (unpaired) electrons. The number of carbonyl (C=O) groups is 3. The van der Waals surface area contributed by atoms with E-state index in [2.05, 4.69) is 11.6 Å². The summed E-state index contributed by atoms with van der Waals surface area (Å²) >= 11 is 0.905. The van der Waals surface area contributed by atoms with Crippen molar-refractivity contribution in [1.29, 1.82) is 0 Å². The number of phenols is 1. The molecular formula is C26H22N2O7S. The van der Waals surface area contributed by atoms with Crippen LogP contribution in [0.4, 0.5) is 5.13 Å². The second kappa shape index (κ2) is 10.0. The minimum absolute atomic E-state index is 0.0103. The van der Waals surface area contributed by atoms with Gasteiger partial charge in [-0.25, -0.2) is 9.78 Å². The van der Waals surface area contributed by atoms with E-state index in [0.29, 0.717) is 29.2 Å². The van der Waals surface area contributed by atoms with Crippen molar-refractivity contribution in [2.45, 2.75) is 13.0 Å². The number of aliphatic hydroxyl groups excluding tert-OH is 1. The monoisotopic (exact) mass is 506 g/mol. The van der Waals surface area contributed by atoms with Crippen LogP contribution in [0.1, 0.15) is 32.5 Å². The van der Waals surface area contributed by atoms with Gasteiger partial charge in [0.1, 0.15) is 28.7 Å². The van der Waals surface area contributed by atoms with Crippen molar-refractivity contribution < 1.29 is 34.1 Å². The average molecular weight is 507 g/mol. The van der Waals surface area contributed by atoms with Crippen LogP contribution in [0.5, 0.6) is 11.5 Å². The van der Waals surface area contributed by atoms with Gasteiger partial charge in [0.2, 0.25) is 0 Å². The molecule has 0 aliphatic carbocycles. The van der Waals surface area contributed by atoms with Gasteiger partial charge in [0.25, 0.3) is 5.78 Å². The van der Waals surface area contributed by atoms with E-state index in [1.165, 1.54) is 19.2 Å². The van der Waals surface area contributed by atoms with Crippen LogP contribution in [0.25, 0.3) is 5.76 Å². The first-order valence-electron chi connectivity index (χ1n) is 10.8. The maximum Gasteiger partial charge on any atom is 0.350 e. The molecule has 4 rings (SSSR count). The lowest BCUT2D eigenvalue weighted by atomic mass is 9.95. The number of aryl methyl sites for hydroxylation is 1. The number of hydrogen-bond acceptors (Lipinski definition) is 9. The number of aromatic nitrogens is 1. The number of methoxy groups -OCH3 is 1. The Bertz CT molecular complexity index is 1370. The van der Waals surface area contributed by atoms with Crippen LogP contribution in [0, 0.1) is 6.92 Å². The van der Waals surface area contributed by atoms with E-state index in [9.17, 15) is 24.6 Å². The van der Waals surface area contributed by atoms with E-state index in [1.54, 1.807) is 49.4 Å². The number of benzene rings is 2. The lowest BCUT2D eigenvalue weighted by Crippen LogP contribution is -2.29. The molecule has 0 spiro atoms. The van der Waals surface area contributed by atoms with Gasteiger partial charge in [-0.05, 0) is 48.9 Å². The number of esters is 1. The molecule has 1 fully saturated rings. The molecule has 1 aliphatic heterocycles. The van der Waals surface area contributed by atoms with Gasteiger partial charge in [0, 0.05) is 5.56 Å². The topological polar surface area (TPSA) is 126 Å². The number of aliphatic hydroxyl groups is 1. The fourth-order valence-electron chi connectivity index (χ4n) is 3.79. The summed E-state index contributed by atoms with van der Waals surface area (Å²) in [6.07, 6.45) is 1.60. The normalized spacial score (nSPS) is 16.7. The number of Topliss-reactive ketones (excluding diaryl/α,β-unsaturated/α-hetero) is 1. The fourth-order valence-corrected chi connectivity index (χ4v) is 4.80. The minimum atomic E-state index is -1.06. The van der Waals surface area contributed by atoms with Crippen LogP contribution < -0.4 is 9.64 Å². The molecule has 184 valence electrons. The third kappa shape index (κ3) is 4.46. The van der Waals surface area contributed by atoms with Crippen molar-refractivity contribution in [2.24, 2.45) is 0 Å². The number of aromatic hydroxyl groups is 1. The lowest BCUT2D eigenvalue weighted by molar-refractivity contribution is -0.132. The zero-order valence-electron chi connectivity index (χ0n) is 19.4. The molecule has 3 aromatic rings. The van der Waals surface area contributed by atoms with Crippen molar-refractivity contribution in [2.75, 3.05) is 18.6 Å². The minimum Gasteiger partial charge on any atom is -0.508 e. The molecule has 0 saturated carbocycles. The Kier molecular flexibility index (Phi) is 6.89. The van der Waals surface area contributed by atoms with Crippen molar-refractivity contribution >= 4 is 39.9 Å². The largest absolute Gasteiger partial charge is 0.508 e. The van der Waals surface area contributed by atoms with Crippen LogP contribution >= 0.6 is 11.3 Å². The zero-order chi connectivity index (χ0) is 26.0. The molecule has 1 saturated heterocycles. The highest BCUT2D eigenvalue weighted by Gasteiger charge is 2.48. The Balaban J connectivity index is 1.86. The fraction of sp³-hybridized carbons (Fsp3) is 0.154. The van der Waals surface area contributed by atoms with Gasteiger partial charge in [-0.1, -0.05) is 36.1 Å². The smallest absolute Gasteiger partial charge is 0.350 e. The highest BCUT2D eigenvalue weighted by molar-refractivity contribution is 7.17. The lowest BCUT2D eigenvalue weighted by Gasteiger charge is -2.23. The van der Waals surface area contributed by atoms with E-state index in [-0.39, 0.29) is 27.1 Å². The highest BCUT2D eigenvalue weighted by atomic mass is 32.1. The summed E-state index contributed by atoms with van der Waals surface area (Å²) in [5, 5.41) is 21.1. The van der Waals surface area contributed by atoms with E-state index in [4.69, 9.17) is 9.47 Å². The van der Waals surface area contributed by atoms with Crippen molar-refractivity contribution in [3.63, 3.8) is 0 Å². The molecule has 9 nitrogen and oxygen atoms in total. The Morgan fingerprint density at radius 3 is 2.44 bits per heavy atom. The van der Waals surface area contributed by atoms with Crippen LogP contribution in [0.15, 0.2) is 66.8 Å². The van der Waals surface area contributed by atoms with Crippen molar-refractivity contribution in [3.05, 3.63) is 88.5 Å². The Labute approximate surface area is 210 Å². The SMILES string of the molecule is C=CCOc1ccc(C(O)=C2C(=O)C(=O)N(c3nc(C)c(C(=O)OC)s3)[C@@H]2c2ccc(O)cc2)cc1. The van der Waals surface area contributed by atoms with E-state index in [0.717, 1.165) is 16.2 Å². The first-order chi connectivity index (χ1) is 17.3. The summed E-state index contributed by atoms with van der Waals surface area (Å²) in [4.78, 5) is 44.3. The van der Waals surface area contributed by atoms with Gasteiger partial charge in [-0.2, -0.15) is 0 Å². The van der Waals surface area contributed by atoms with E-state index >= 15 is 0 Å². The summed E-state index contributed by atoms with van der Waals surface area (Å²) in [6.45, 7) is 5.49. The van der Waals surface area contributed by atoms with Gasteiger partial charge in [0.15, 0.2) is 5.13 Å². The molecule has 1 amide bonds. The number of rotatable bonds is 7. The summed E-state index contributed by atoms with van der Waals surface area (Å²) in [5.41, 5.74) is 0.932. The van der Waals surface area contributed by atoms with Crippen LogP contribution in [0.3, 0.4) is 0 Å². The molecular weight excluding hydrogens is 484 g/mol. The maximum absolute atomic E-state index is 13.2. The summed E-state index contributed by atoms with van der Waals surface area (Å²) in [7, 11) is 1.23. The van der Waals surface area contributed by atoms with Crippen LogP contribution in [-0.2, 0) is 14.3 Å². The number of nitrogens with zero attached hydrogens (tertiary/aromatic N) is 2. The molecule has 0 unspecified atom stereocenters. The molecule has 2 aromatic carbocycles. The van der Waals surface area contributed by atoms with Crippen LogP contribution in [0.2, 0.25) is 0 Å². The molecule has 2 heterocycles. The number of thiazole rings is 1. The molecule has 36 heavy (non-hydrogen) atoms. The number of ketones is 1. The quantitative estimate of drug-likeness (QED) is 0.161. The van der Waals surface area contributed by atoms with E-state index in [1.807, 2.05) is 0 Å². The second-order valence-electron chi connectivity index (χ2n) is 7.79. The number of phenolic OH excluding ortho intramolecular Hbond substituents is 1. The number of ether oxygens (including phenoxy) is 2. The van der Waals surface area contributed by atoms with Crippen LogP contribution in [-0.4, -0.2) is 46.6 Å². The first-order valence-corrected chi connectivity index (χ1v) is 11.6. The van der Waals surface area contributed by atoms with Gasteiger partial charge in [-0.3, -0.25) is 14.5 Å². The van der Waals surface area contributed by atoms with Crippen molar-refractivity contribution in [1.82, 2.24) is 4.98 Å². The van der Waals surface area contributed by atoms with Gasteiger partial charge in [0.05, 0.1) is 24.4 Å². The predicted octanol–water partition coefficient (Wildman–Crippen LogP) is 4.13. The first kappa shape index (κ1) is 24.7. The predicted molar refractivity (Wildman–Crippen MR) is 133 cm³/mol. The van der Waals surface area contributed by atoms with E-state index < -0.39 is 23.7 Å². The summed E-state index contributed by atoms with van der Waals surface area (Å²) in [5.74, 6) is -2.30. The Morgan fingerprint density at radius 1 is 1.17 bits per heavy atom. The Morgan fingerprint density at radius 2 is 1.83 bits per heavy atom. The van der Waals surface area contributed by atoms with Gasteiger partial charge in [-0.15, -0.1) is 0 Å². The number of amides is 1. The summed E-state index contributed by atoms with van der Waals surface area (Å²) < 4.78 is 10.2. The molecule has 0 bridgehead atoms. The maximum atomic E-state index is 13.2. The third-order valence-corrected chi connectivity index (χ3v) is 6.65. The number of carbonyl (C=O) groups excluding carboxylic acids is 3. The van der Waals surface area contributed by atoms with Crippen molar-refractivity contribution in [3.8, 4) is 11.5 Å². The molecule has 1 atom stereocenters.